The smallest absolute Gasteiger partial charge is 0.248 e. The minimum atomic E-state index is -3.80. The van der Waals surface area contributed by atoms with Crippen molar-refractivity contribution < 1.29 is 26.4 Å². The summed E-state index contributed by atoms with van der Waals surface area (Å²) in [4.78, 5) is 13.2. The Balaban J connectivity index is 1.94. The highest BCUT2D eigenvalue weighted by molar-refractivity contribution is 7.92. The minimum Gasteiger partial charge on any atom is -0.495 e. The third-order valence-corrected chi connectivity index (χ3v) is 9.10. The molecule has 11 heteroatoms. The molecule has 2 aromatic rings. The molecule has 0 bridgehead atoms. The van der Waals surface area contributed by atoms with Crippen molar-refractivity contribution in [2.45, 2.75) is 44.6 Å². The predicted octanol–water partition coefficient (Wildman–Crippen LogP) is 2.89. The van der Waals surface area contributed by atoms with E-state index in [1.807, 2.05) is 13.8 Å². The fourth-order valence-corrected chi connectivity index (χ4v) is 6.64. The van der Waals surface area contributed by atoms with Gasteiger partial charge in [-0.2, -0.15) is 4.31 Å². The van der Waals surface area contributed by atoms with Gasteiger partial charge in [-0.1, -0.05) is 6.07 Å². The Morgan fingerprint density at radius 1 is 1.03 bits per heavy atom. The van der Waals surface area contributed by atoms with Crippen LogP contribution in [0.25, 0.3) is 0 Å². The molecule has 186 valence electrons. The maximum Gasteiger partial charge on any atom is 0.248 e. The summed E-state index contributed by atoms with van der Waals surface area (Å²) in [7, 11) is -6.11. The normalized spacial score (nSPS) is 15.7. The number of hydrogen-bond acceptors (Lipinski definition) is 6. The molecule has 0 radical (unpaired) electrons. The molecule has 9 nitrogen and oxygen atoms in total. The predicted molar refractivity (Wildman–Crippen MR) is 132 cm³/mol. The van der Waals surface area contributed by atoms with E-state index in [1.165, 1.54) is 36.5 Å². The Labute approximate surface area is 201 Å². The van der Waals surface area contributed by atoms with Gasteiger partial charge in [-0.3, -0.25) is 9.10 Å². The zero-order valence-electron chi connectivity index (χ0n) is 20.0. The van der Waals surface area contributed by atoms with Gasteiger partial charge < -0.3 is 10.1 Å². The van der Waals surface area contributed by atoms with E-state index in [0.29, 0.717) is 18.8 Å². The van der Waals surface area contributed by atoms with Crippen molar-refractivity contribution in [3.05, 3.63) is 47.5 Å². The summed E-state index contributed by atoms with van der Waals surface area (Å²) in [6.07, 6.45) is 2.64. The monoisotopic (exact) mass is 509 g/mol. The van der Waals surface area contributed by atoms with Gasteiger partial charge in [-0.25, -0.2) is 16.8 Å². The van der Waals surface area contributed by atoms with Crippen LogP contribution in [0, 0.1) is 13.8 Å². The van der Waals surface area contributed by atoms with E-state index >= 15 is 0 Å². The Hall–Kier alpha value is -2.63. The Bertz CT molecular complexity index is 1290. The fraction of sp³-hybridized carbons (Fsp3) is 0.435. The van der Waals surface area contributed by atoms with Crippen molar-refractivity contribution in [2.75, 3.05) is 36.1 Å². The first-order valence-electron chi connectivity index (χ1n) is 10.9. The molecule has 1 N–H and O–H groups in total. The number of carbonyl (C=O) groups is 1. The Morgan fingerprint density at radius 3 is 2.24 bits per heavy atom. The van der Waals surface area contributed by atoms with Crippen LogP contribution >= 0.6 is 0 Å². The summed E-state index contributed by atoms with van der Waals surface area (Å²) >= 11 is 0. The van der Waals surface area contributed by atoms with E-state index in [0.717, 1.165) is 34.5 Å². The molecule has 3 rings (SSSR count). The van der Waals surface area contributed by atoms with E-state index < -0.39 is 32.0 Å². The van der Waals surface area contributed by atoms with Crippen molar-refractivity contribution in [1.82, 2.24) is 4.31 Å². The quantitative estimate of drug-likeness (QED) is 0.586. The molecule has 1 amide bonds. The van der Waals surface area contributed by atoms with E-state index in [4.69, 9.17) is 4.74 Å². The minimum absolute atomic E-state index is 0.0345. The number of anilines is 2. The van der Waals surface area contributed by atoms with Crippen LogP contribution in [0.1, 0.15) is 30.9 Å². The van der Waals surface area contributed by atoms with Crippen molar-refractivity contribution in [3.63, 3.8) is 0 Å². The topological polar surface area (TPSA) is 113 Å². The van der Waals surface area contributed by atoms with Crippen LogP contribution in [0.4, 0.5) is 11.4 Å². The standard InChI is InChI=1S/C23H31N3O6S2/c1-16-8-9-19(14-17(16)2)26(33(5,28)29)18(3)23(27)24-21-15-20(10-11-22(21)32-4)34(30,31)25-12-6-7-13-25/h8-11,14-15,18H,6-7,12-13H2,1-5H3,(H,24,27)/t18-/m1/s1. The fourth-order valence-electron chi connectivity index (χ4n) is 3.93. The molecular formula is C23H31N3O6S2. The highest BCUT2D eigenvalue weighted by Gasteiger charge is 2.31. The number of nitrogens with zero attached hydrogens (tertiary/aromatic N) is 2. The maximum atomic E-state index is 13.2. The lowest BCUT2D eigenvalue weighted by atomic mass is 10.1. The molecule has 0 saturated carbocycles. The molecule has 34 heavy (non-hydrogen) atoms. The molecule has 1 saturated heterocycles. The molecule has 1 heterocycles. The number of rotatable bonds is 8. The zero-order valence-corrected chi connectivity index (χ0v) is 21.7. The Kier molecular flexibility index (Phi) is 7.59. The lowest BCUT2D eigenvalue weighted by Gasteiger charge is -2.29. The number of aryl methyl sites for hydroxylation is 2. The third-order valence-electron chi connectivity index (χ3n) is 5.97. The summed E-state index contributed by atoms with van der Waals surface area (Å²) in [5.74, 6) is -0.365. The highest BCUT2D eigenvalue weighted by atomic mass is 32.2. The maximum absolute atomic E-state index is 13.2. The number of amides is 1. The summed E-state index contributed by atoms with van der Waals surface area (Å²) in [5, 5.41) is 2.66. The number of benzene rings is 2. The van der Waals surface area contributed by atoms with Gasteiger partial charge in [0, 0.05) is 13.1 Å². The van der Waals surface area contributed by atoms with Gasteiger partial charge in [0.15, 0.2) is 0 Å². The van der Waals surface area contributed by atoms with Crippen LogP contribution < -0.4 is 14.4 Å². The van der Waals surface area contributed by atoms with Gasteiger partial charge in [0.05, 0.1) is 29.6 Å². The molecular weight excluding hydrogens is 478 g/mol. The van der Waals surface area contributed by atoms with Crippen molar-refractivity contribution in [2.24, 2.45) is 0 Å². The van der Waals surface area contributed by atoms with E-state index in [1.54, 1.807) is 18.2 Å². The first-order chi connectivity index (χ1) is 15.9. The van der Waals surface area contributed by atoms with Crippen LogP contribution in [-0.2, 0) is 24.8 Å². The average Bonchev–Trinajstić information content (AvgIpc) is 3.31. The SMILES string of the molecule is COc1ccc(S(=O)(=O)N2CCCC2)cc1NC(=O)[C@@H](C)N(c1ccc(C)c(C)c1)S(C)(=O)=O. The molecule has 0 aromatic heterocycles. The lowest BCUT2D eigenvalue weighted by molar-refractivity contribution is -0.116. The highest BCUT2D eigenvalue weighted by Crippen LogP contribution is 2.31. The molecule has 1 aliphatic heterocycles. The van der Waals surface area contributed by atoms with Crippen LogP contribution in [0.3, 0.4) is 0 Å². The molecule has 2 aromatic carbocycles. The van der Waals surface area contributed by atoms with E-state index in [-0.39, 0.29) is 16.3 Å². The van der Waals surface area contributed by atoms with Crippen molar-refractivity contribution >= 4 is 37.3 Å². The van der Waals surface area contributed by atoms with E-state index in [2.05, 4.69) is 5.32 Å². The largest absolute Gasteiger partial charge is 0.495 e. The summed E-state index contributed by atoms with van der Waals surface area (Å²) in [6, 6.07) is 8.30. The second-order valence-corrected chi connectivity index (χ2v) is 12.3. The van der Waals surface area contributed by atoms with Gasteiger partial charge >= 0.3 is 0 Å². The van der Waals surface area contributed by atoms with Gasteiger partial charge in [0.1, 0.15) is 11.8 Å². The van der Waals surface area contributed by atoms with Crippen LogP contribution in [0.15, 0.2) is 41.3 Å². The molecule has 0 unspecified atom stereocenters. The number of sulfonamides is 2. The van der Waals surface area contributed by atoms with Crippen LogP contribution in [-0.4, -0.2) is 59.5 Å². The summed E-state index contributed by atoms with van der Waals surface area (Å²) in [6.45, 7) is 6.15. The van der Waals surface area contributed by atoms with Gasteiger partial charge in [0.2, 0.25) is 26.0 Å². The van der Waals surface area contributed by atoms with Crippen LogP contribution in [0.2, 0.25) is 0 Å². The van der Waals surface area contributed by atoms with Gasteiger partial charge in [0.25, 0.3) is 0 Å². The summed E-state index contributed by atoms with van der Waals surface area (Å²) < 4.78 is 59.0. The zero-order chi connectivity index (χ0) is 25.3. The number of methoxy groups -OCH3 is 1. The summed E-state index contributed by atoms with van der Waals surface area (Å²) in [5.41, 5.74) is 2.40. The van der Waals surface area contributed by atoms with Gasteiger partial charge in [-0.05, 0) is 75.1 Å². The molecule has 1 atom stereocenters. The molecule has 1 aliphatic rings. The lowest BCUT2D eigenvalue weighted by Crippen LogP contribution is -2.45. The molecule has 0 spiro atoms. The number of nitrogens with one attached hydrogen (secondary N) is 1. The number of hydrogen-bond donors (Lipinski definition) is 1. The average molecular weight is 510 g/mol. The Morgan fingerprint density at radius 2 is 1.68 bits per heavy atom. The van der Waals surface area contributed by atoms with Crippen molar-refractivity contribution in [3.8, 4) is 5.75 Å². The number of carbonyl (C=O) groups excluding carboxylic acids is 1. The second-order valence-electron chi connectivity index (χ2n) is 8.47. The van der Waals surface area contributed by atoms with Gasteiger partial charge in [-0.15, -0.1) is 0 Å². The second kappa shape index (κ2) is 9.93. The molecule has 1 fully saturated rings. The third kappa shape index (κ3) is 5.37. The first-order valence-corrected chi connectivity index (χ1v) is 14.2. The number of ether oxygens (including phenoxy) is 1. The van der Waals surface area contributed by atoms with Crippen molar-refractivity contribution in [1.29, 1.82) is 0 Å². The first kappa shape index (κ1) is 26.0. The van der Waals surface area contributed by atoms with Crippen LogP contribution in [0.5, 0.6) is 5.75 Å². The van der Waals surface area contributed by atoms with E-state index in [9.17, 15) is 21.6 Å². The molecule has 0 aliphatic carbocycles.